The van der Waals surface area contributed by atoms with Gasteiger partial charge in [-0.25, -0.2) is 0 Å². The molecule has 4 bridgehead atoms. The van der Waals surface area contributed by atoms with E-state index >= 15 is 0 Å². The zero-order valence-corrected chi connectivity index (χ0v) is 19.7. The summed E-state index contributed by atoms with van der Waals surface area (Å²) in [5.74, 6) is 2.58. The SMILES string of the molecule is Cc1cc(C=N[C@@H]2c3ccccc3C[C@@H]2[O-])c([O-])c(C23CC4CC(CC(C4)C2)C3)c1.[Cr+3].[F-]. The molecule has 4 saturated carbocycles. The molecule has 2 aromatic carbocycles. The van der Waals surface area contributed by atoms with E-state index in [1.165, 1.54) is 38.5 Å². The Labute approximate surface area is 200 Å². The molecule has 167 valence electrons. The van der Waals surface area contributed by atoms with Gasteiger partial charge in [-0.2, -0.15) is 0 Å². The molecule has 32 heavy (non-hydrogen) atoms. The average Bonchev–Trinajstić information content (AvgIpc) is 3.02. The Bertz CT molecular complexity index is 1000. The summed E-state index contributed by atoms with van der Waals surface area (Å²) < 4.78 is 0. The topological polar surface area (TPSA) is 58.5 Å². The quantitative estimate of drug-likeness (QED) is 0.629. The summed E-state index contributed by atoms with van der Waals surface area (Å²) in [7, 11) is 0. The van der Waals surface area contributed by atoms with Crippen molar-refractivity contribution in [1.29, 1.82) is 0 Å². The molecule has 0 heterocycles. The molecule has 2 atom stereocenters. The van der Waals surface area contributed by atoms with Crippen molar-refractivity contribution in [3.63, 3.8) is 0 Å². The van der Waals surface area contributed by atoms with Crippen LogP contribution in [0, 0.1) is 24.7 Å². The normalized spacial score (nSPS) is 34.2. The standard InChI is InChI=1S/C27H30NO2.Cr.FH/c1-16-6-21(15-28-25-22-5-3-2-4-20(22)11-24(25)29)26(30)23(7-16)27-12-17-8-18(13-27)10-19(9-17)14-27;;/h2-7,15,17-19,24-25,30H,8-14H2,1H3;;1H/q-1;+3;/p-2/t17?,18?,19?,24-,25+,27?;;/m0../s1. The Morgan fingerprint density at radius 3 is 2.28 bits per heavy atom. The molecule has 7 rings (SSSR count). The summed E-state index contributed by atoms with van der Waals surface area (Å²) >= 11 is 0. The molecule has 0 N–H and O–H groups in total. The Morgan fingerprint density at radius 1 is 1.00 bits per heavy atom. The summed E-state index contributed by atoms with van der Waals surface area (Å²) in [4.78, 5) is 4.67. The van der Waals surface area contributed by atoms with E-state index in [-0.39, 0.29) is 39.3 Å². The maximum Gasteiger partial charge on any atom is 3.00 e. The molecule has 0 unspecified atom stereocenters. The average molecular weight is 471 g/mol. The van der Waals surface area contributed by atoms with Crippen molar-refractivity contribution in [3.05, 3.63) is 64.2 Å². The molecular formula is C27H29CrFNO2. The molecule has 0 spiro atoms. The smallest absolute Gasteiger partial charge is 1.00 e. The second kappa shape index (κ2) is 8.60. The molecule has 5 aliphatic rings. The summed E-state index contributed by atoms with van der Waals surface area (Å²) in [5.41, 5.74) is 5.04. The monoisotopic (exact) mass is 470 g/mol. The third-order valence-corrected chi connectivity index (χ3v) is 8.39. The second-order valence-corrected chi connectivity index (χ2v) is 10.6. The molecule has 0 aliphatic heterocycles. The van der Waals surface area contributed by atoms with Gasteiger partial charge in [0.2, 0.25) is 0 Å². The summed E-state index contributed by atoms with van der Waals surface area (Å²) in [6.45, 7) is 2.09. The van der Waals surface area contributed by atoms with E-state index in [2.05, 4.69) is 18.0 Å². The van der Waals surface area contributed by atoms with Crippen LogP contribution in [0.3, 0.4) is 0 Å². The number of nitrogens with zero attached hydrogens (tertiary/aromatic N) is 1. The molecular weight excluding hydrogens is 441 g/mol. The van der Waals surface area contributed by atoms with Gasteiger partial charge in [-0.1, -0.05) is 53.8 Å². The minimum atomic E-state index is -0.763. The maximum atomic E-state index is 13.6. The van der Waals surface area contributed by atoms with Crippen LogP contribution in [0.4, 0.5) is 0 Å². The van der Waals surface area contributed by atoms with Gasteiger partial charge in [0.15, 0.2) is 0 Å². The fraction of sp³-hybridized carbons (Fsp3) is 0.519. The van der Waals surface area contributed by atoms with Gasteiger partial charge in [0, 0.05) is 6.21 Å². The molecule has 0 aromatic heterocycles. The van der Waals surface area contributed by atoms with Crippen molar-refractivity contribution in [1.82, 2.24) is 0 Å². The van der Waals surface area contributed by atoms with Gasteiger partial charge in [0.05, 0.1) is 6.04 Å². The molecule has 3 nitrogen and oxygen atoms in total. The number of hydrogen-bond donors (Lipinski definition) is 0. The van der Waals surface area contributed by atoms with E-state index in [9.17, 15) is 10.2 Å². The van der Waals surface area contributed by atoms with Crippen LogP contribution in [0.1, 0.15) is 72.4 Å². The molecule has 4 fully saturated rings. The Hall–Kier alpha value is -1.67. The number of halogens is 1. The van der Waals surface area contributed by atoms with Crippen molar-refractivity contribution in [2.75, 3.05) is 0 Å². The number of rotatable bonds is 3. The summed E-state index contributed by atoms with van der Waals surface area (Å²) in [6.07, 6.45) is 9.15. The van der Waals surface area contributed by atoms with Crippen LogP contribution >= 0.6 is 0 Å². The van der Waals surface area contributed by atoms with E-state index in [0.717, 1.165) is 40.0 Å². The number of hydrogen-bond acceptors (Lipinski definition) is 3. The van der Waals surface area contributed by atoms with Crippen molar-refractivity contribution in [2.24, 2.45) is 22.7 Å². The number of fused-ring (bicyclic) bond motifs is 1. The predicted octanol–water partition coefficient (Wildman–Crippen LogP) is 0.983. The minimum absolute atomic E-state index is 0. The van der Waals surface area contributed by atoms with Crippen molar-refractivity contribution >= 4 is 6.21 Å². The van der Waals surface area contributed by atoms with Crippen LogP contribution in [0.15, 0.2) is 41.4 Å². The molecule has 0 amide bonds. The van der Waals surface area contributed by atoms with Crippen LogP contribution < -0.4 is 14.9 Å². The molecule has 1 radical (unpaired) electrons. The molecule has 5 heteroatoms. The molecule has 0 saturated heterocycles. The van der Waals surface area contributed by atoms with Gasteiger partial charge >= 0.3 is 17.4 Å². The molecule has 5 aliphatic carbocycles. The third-order valence-electron chi connectivity index (χ3n) is 8.39. The van der Waals surface area contributed by atoms with Crippen molar-refractivity contribution in [3.8, 4) is 5.75 Å². The minimum Gasteiger partial charge on any atom is -1.00 e. The van der Waals surface area contributed by atoms with Gasteiger partial charge in [0.1, 0.15) is 0 Å². The van der Waals surface area contributed by atoms with Crippen LogP contribution in [0.5, 0.6) is 5.75 Å². The fourth-order valence-corrected chi connectivity index (χ4v) is 7.61. The first-order valence-electron chi connectivity index (χ1n) is 11.6. The zero-order chi connectivity index (χ0) is 20.5. The first-order chi connectivity index (χ1) is 14.5. The van der Waals surface area contributed by atoms with E-state index in [4.69, 9.17) is 0 Å². The first-order valence-corrected chi connectivity index (χ1v) is 11.6. The van der Waals surface area contributed by atoms with Gasteiger partial charge < -0.3 is 14.9 Å². The Morgan fingerprint density at radius 2 is 1.62 bits per heavy atom. The van der Waals surface area contributed by atoms with Crippen LogP contribution in [0.25, 0.3) is 0 Å². The van der Waals surface area contributed by atoms with Gasteiger partial charge in [0.25, 0.3) is 0 Å². The van der Waals surface area contributed by atoms with E-state index in [1.807, 2.05) is 30.3 Å². The van der Waals surface area contributed by atoms with Gasteiger partial charge in [-0.3, -0.25) is 4.99 Å². The molecule has 2 aromatic rings. The summed E-state index contributed by atoms with van der Waals surface area (Å²) in [5, 5.41) is 26.2. The first kappa shape index (κ1) is 23.5. The van der Waals surface area contributed by atoms with Gasteiger partial charge in [-0.05, 0) is 97.3 Å². The Balaban J connectivity index is 0.00000122. The van der Waals surface area contributed by atoms with E-state index < -0.39 is 6.10 Å². The Kier molecular flexibility index (Phi) is 6.31. The zero-order valence-electron chi connectivity index (χ0n) is 18.4. The number of benzene rings is 2. The van der Waals surface area contributed by atoms with Crippen molar-refractivity contribution in [2.45, 2.75) is 69.4 Å². The van der Waals surface area contributed by atoms with Crippen LogP contribution in [-0.4, -0.2) is 12.3 Å². The van der Waals surface area contributed by atoms with Crippen LogP contribution in [0.2, 0.25) is 0 Å². The van der Waals surface area contributed by atoms with E-state index in [1.54, 1.807) is 6.21 Å². The van der Waals surface area contributed by atoms with Crippen LogP contribution in [-0.2, 0) is 29.2 Å². The van der Waals surface area contributed by atoms with E-state index in [0.29, 0.717) is 12.0 Å². The van der Waals surface area contributed by atoms with Crippen molar-refractivity contribution < 1.29 is 32.3 Å². The number of aryl methyl sites for hydroxylation is 1. The summed E-state index contributed by atoms with van der Waals surface area (Å²) in [6, 6.07) is 11.7. The largest absolute Gasteiger partial charge is 3.00 e. The number of aliphatic imine (C=N–C) groups is 1. The second-order valence-electron chi connectivity index (χ2n) is 10.6. The fourth-order valence-electron chi connectivity index (χ4n) is 7.61. The predicted molar refractivity (Wildman–Crippen MR) is 115 cm³/mol. The third kappa shape index (κ3) is 3.73. The van der Waals surface area contributed by atoms with Gasteiger partial charge in [-0.15, -0.1) is 0 Å². The maximum absolute atomic E-state index is 13.6.